The summed E-state index contributed by atoms with van der Waals surface area (Å²) in [6.07, 6.45) is 2.68. The first-order valence-corrected chi connectivity index (χ1v) is 7.46. The molecular formula is C15H20ClNO3. The maximum absolute atomic E-state index is 6.12. The summed E-state index contributed by atoms with van der Waals surface area (Å²) in [6, 6.07) is 7.78. The second-order valence-corrected chi connectivity index (χ2v) is 5.79. The van der Waals surface area contributed by atoms with Crippen LogP contribution in [-0.4, -0.2) is 38.2 Å². The molecule has 2 fully saturated rings. The highest BCUT2D eigenvalue weighted by molar-refractivity contribution is 6.30. The summed E-state index contributed by atoms with van der Waals surface area (Å²) in [5.74, 6) is 0.388. The lowest BCUT2D eigenvalue weighted by Crippen LogP contribution is -2.52. The third-order valence-electron chi connectivity index (χ3n) is 4.08. The predicted octanol–water partition coefficient (Wildman–Crippen LogP) is 2.60. The predicted molar refractivity (Wildman–Crippen MR) is 77.2 cm³/mol. The second kappa shape index (κ2) is 5.90. The van der Waals surface area contributed by atoms with Gasteiger partial charge in [0.05, 0.1) is 13.2 Å². The molecule has 0 bridgehead atoms. The van der Waals surface area contributed by atoms with Crippen LogP contribution in [0, 0.1) is 0 Å². The van der Waals surface area contributed by atoms with Gasteiger partial charge < -0.3 is 19.5 Å². The fourth-order valence-electron chi connectivity index (χ4n) is 3.01. The minimum absolute atomic E-state index is 0.0352. The molecule has 4 nitrogen and oxygen atoms in total. The largest absolute Gasteiger partial charge is 0.489 e. The lowest BCUT2D eigenvalue weighted by molar-refractivity contribution is -0.196. The smallest absolute Gasteiger partial charge is 0.172 e. The molecule has 1 saturated heterocycles. The zero-order chi connectivity index (χ0) is 14.0. The molecule has 1 aromatic rings. The number of rotatable bonds is 3. The molecule has 2 unspecified atom stereocenters. The Bertz CT molecular complexity index is 445. The number of likely N-dealkylation sites (N-methyl/N-ethyl adjacent to an activating group) is 1. The molecule has 0 radical (unpaired) electrons. The lowest BCUT2D eigenvalue weighted by Gasteiger charge is -2.40. The van der Waals surface area contributed by atoms with Crippen LogP contribution in [0.15, 0.2) is 24.3 Å². The molecule has 1 aliphatic carbocycles. The lowest BCUT2D eigenvalue weighted by atomic mass is 9.87. The molecule has 1 saturated carbocycles. The van der Waals surface area contributed by atoms with Gasteiger partial charge in [-0.3, -0.25) is 0 Å². The number of hydrogen-bond donors (Lipinski definition) is 1. The van der Waals surface area contributed by atoms with Gasteiger partial charge in [-0.15, -0.1) is 0 Å². The highest BCUT2D eigenvalue weighted by atomic mass is 35.5. The van der Waals surface area contributed by atoms with Crippen LogP contribution in [0.4, 0.5) is 0 Å². The van der Waals surface area contributed by atoms with Gasteiger partial charge in [0.2, 0.25) is 0 Å². The quantitative estimate of drug-likeness (QED) is 0.931. The number of hydrogen-bond acceptors (Lipinski definition) is 4. The topological polar surface area (TPSA) is 39.7 Å². The zero-order valence-corrected chi connectivity index (χ0v) is 12.4. The van der Waals surface area contributed by atoms with Crippen LogP contribution in [0.1, 0.15) is 19.3 Å². The van der Waals surface area contributed by atoms with Gasteiger partial charge in [-0.2, -0.15) is 0 Å². The van der Waals surface area contributed by atoms with Gasteiger partial charge in [-0.05, 0) is 37.7 Å². The molecule has 0 amide bonds. The monoisotopic (exact) mass is 297 g/mol. The van der Waals surface area contributed by atoms with E-state index in [2.05, 4.69) is 5.32 Å². The molecule has 1 heterocycles. The highest BCUT2D eigenvalue weighted by Gasteiger charge is 2.45. The fourth-order valence-corrected chi connectivity index (χ4v) is 3.14. The van der Waals surface area contributed by atoms with E-state index < -0.39 is 5.79 Å². The zero-order valence-electron chi connectivity index (χ0n) is 11.6. The summed E-state index contributed by atoms with van der Waals surface area (Å²) in [5.41, 5.74) is 0. The Balaban J connectivity index is 1.72. The Hall–Kier alpha value is -0.810. The summed E-state index contributed by atoms with van der Waals surface area (Å²) >= 11 is 5.90. The Morgan fingerprint density at radius 1 is 1.25 bits per heavy atom. The summed E-state index contributed by atoms with van der Waals surface area (Å²) in [5, 5.41) is 4.04. The minimum Gasteiger partial charge on any atom is -0.489 e. The second-order valence-electron chi connectivity index (χ2n) is 5.36. The van der Waals surface area contributed by atoms with E-state index in [4.69, 9.17) is 25.8 Å². The number of ether oxygens (including phenoxy) is 3. The molecule has 1 spiro atoms. The first-order valence-electron chi connectivity index (χ1n) is 7.08. The summed E-state index contributed by atoms with van der Waals surface area (Å²) in [7, 11) is 1.97. The fraction of sp³-hybridized carbons (Fsp3) is 0.600. The van der Waals surface area contributed by atoms with Crippen molar-refractivity contribution in [2.45, 2.75) is 37.2 Å². The maximum atomic E-state index is 6.12. The normalized spacial score (nSPS) is 28.7. The van der Waals surface area contributed by atoms with E-state index in [9.17, 15) is 0 Å². The van der Waals surface area contributed by atoms with Gasteiger partial charge in [0.25, 0.3) is 0 Å². The molecule has 1 aromatic carbocycles. The van der Waals surface area contributed by atoms with Gasteiger partial charge in [0.15, 0.2) is 5.79 Å². The molecular weight excluding hydrogens is 278 g/mol. The van der Waals surface area contributed by atoms with Crippen LogP contribution in [0.3, 0.4) is 0 Å². The Morgan fingerprint density at radius 3 is 2.60 bits per heavy atom. The van der Waals surface area contributed by atoms with Crippen molar-refractivity contribution in [1.82, 2.24) is 5.32 Å². The van der Waals surface area contributed by atoms with Crippen LogP contribution in [0.5, 0.6) is 5.75 Å². The van der Waals surface area contributed by atoms with Crippen molar-refractivity contribution in [3.63, 3.8) is 0 Å². The van der Waals surface area contributed by atoms with E-state index >= 15 is 0 Å². The van der Waals surface area contributed by atoms with Crippen molar-refractivity contribution in [3.05, 3.63) is 29.3 Å². The highest BCUT2D eigenvalue weighted by Crippen LogP contribution is 2.37. The van der Waals surface area contributed by atoms with Crippen molar-refractivity contribution >= 4 is 11.6 Å². The standard InChI is InChI=1S/C15H20ClNO3/c1-17-13-6-7-15(18-8-9-19-15)10-14(13)20-12-4-2-11(16)3-5-12/h2-5,13-14,17H,6-10H2,1H3. The Morgan fingerprint density at radius 2 is 1.95 bits per heavy atom. The van der Waals surface area contributed by atoms with E-state index in [1.54, 1.807) is 0 Å². The molecule has 20 heavy (non-hydrogen) atoms. The first-order chi connectivity index (χ1) is 9.71. The number of nitrogens with one attached hydrogen (secondary N) is 1. The van der Waals surface area contributed by atoms with Crippen molar-refractivity contribution in [2.75, 3.05) is 20.3 Å². The van der Waals surface area contributed by atoms with E-state index in [0.29, 0.717) is 24.3 Å². The van der Waals surface area contributed by atoms with Gasteiger partial charge >= 0.3 is 0 Å². The SMILES string of the molecule is CNC1CCC2(CC1Oc1ccc(Cl)cc1)OCCO2. The molecule has 2 atom stereocenters. The molecule has 3 rings (SSSR count). The molecule has 1 aliphatic heterocycles. The third kappa shape index (κ3) is 2.93. The molecule has 2 aliphatic rings. The summed E-state index contributed by atoms with van der Waals surface area (Å²) < 4.78 is 17.7. The van der Waals surface area contributed by atoms with Crippen LogP contribution in [-0.2, 0) is 9.47 Å². The first kappa shape index (κ1) is 14.1. The van der Waals surface area contributed by atoms with Crippen molar-refractivity contribution in [1.29, 1.82) is 0 Å². The van der Waals surface area contributed by atoms with Gasteiger partial charge in [-0.1, -0.05) is 11.6 Å². The van der Waals surface area contributed by atoms with E-state index in [1.165, 1.54) is 0 Å². The average molecular weight is 298 g/mol. The third-order valence-corrected chi connectivity index (χ3v) is 4.33. The molecule has 110 valence electrons. The Kier molecular flexibility index (Phi) is 4.17. The molecule has 5 heteroatoms. The van der Waals surface area contributed by atoms with Crippen LogP contribution >= 0.6 is 11.6 Å². The van der Waals surface area contributed by atoms with E-state index in [0.717, 1.165) is 25.0 Å². The molecule has 1 N–H and O–H groups in total. The Labute approximate surface area is 124 Å². The van der Waals surface area contributed by atoms with Gasteiger partial charge in [0, 0.05) is 23.9 Å². The van der Waals surface area contributed by atoms with Crippen molar-refractivity contribution in [2.24, 2.45) is 0 Å². The average Bonchev–Trinajstić information content (AvgIpc) is 2.90. The van der Waals surface area contributed by atoms with E-state index in [-0.39, 0.29) is 6.10 Å². The van der Waals surface area contributed by atoms with Crippen molar-refractivity contribution in [3.8, 4) is 5.75 Å². The number of halogens is 1. The van der Waals surface area contributed by atoms with Crippen molar-refractivity contribution < 1.29 is 14.2 Å². The van der Waals surface area contributed by atoms with Crippen LogP contribution in [0.2, 0.25) is 5.02 Å². The number of benzene rings is 1. The maximum Gasteiger partial charge on any atom is 0.172 e. The summed E-state index contributed by atoms with van der Waals surface area (Å²) in [6.45, 7) is 1.36. The van der Waals surface area contributed by atoms with Gasteiger partial charge in [-0.25, -0.2) is 0 Å². The van der Waals surface area contributed by atoms with Gasteiger partial charge in [0.1, 0.15) is 11.9 Å². The summed E-state index contributed by atoms with van der Waals surface area (Å²) in [4.78, 5) is 0. The van der Waals surface area contributed by atoms with E-state index in [1.807, 2.05) is 31.3 Å². The minimum atomic E-state index is -0.440. The molecule has 0 aromatic heterocycles. The van der Waals surface area contributed by atoms with Crippen LogP contribution < -0.4 is 10.1 Å². The van der Waals surface area contributed by atoms with Crippen LogP contribution in [0.25, 0.3) is 0 Å².